The largest absolute Gasteiger partial charge is 0.306 e. The van der Waals surface area contributed by atoms with Gasteiger partial charge >= 0.3 is 0 Å². The van der Waals surface area contributed by atoms with E-state index in [-0.39, 0.29) is 11.4 Å². The molecule has 0 amide bonds. The Morgan fingerprint density at radius 2 is 2.04 bits per heavy atom. The molecule has 0 fully saturated rings. The topological polar surface area (TPSA) is 49.0 Å². The normalized spacial score (nSPS) is 15.3. The van der Waals surface area contributed by atoms with Crippen molar-refractivity contribution >= 4 is 34.2 Å². The van der Waals surface area contributed by atoms with E-state index in [2.05, 4.69) is 20.9 Å². The molecule has 6 heteroatoms. The monoisotopic (exact) mass is 395 g/mol. The van der Waals surface area contributed by atoms with Crippen molar-refractivity contribution in [2.45, 2.75) is 6.42 Å². The van der Waals surface area contributed by atoms with E-state index in [4.69, 9.17) is 11.6 Å². The number of benzene rings is 2. The molecule has 28 heavy (non-hydrogen) atoms. The van der Waals surface area contributed by atoms with Crippen LogP contribution in [0.5, 0.6) is 0 Å². The fourth-order valence-corrected chi connectivity index (χ4v) is 3.56. The van der Waals surface area contributed by atoms with Gasteiger partial charge in [-0.2, -0.15) is 0 Å². The van der Waals surface area contributed by atoms with Crippen molar-refractivity contribution in [3.63, 3.8) is 0 Å². The third kappa shape index (κ3) is 4.06. The molecule has 0 atom stereocenters. The quantitative estimate of drug-likeness (QED) is 0.706. The Bertz CT molecular complexity index is 1120. The van der Waals surface area contributed by atoms with Gasteiger partial charge in [-0.05, 0) is 47.9 Å². The molecule has 2 aromatic carbocycles. The number of nitrogens with zero attached hydrogens (tertiary/aromatic N) is 2. The Morgan fingerprint density at radius 3 is 2.79 bits per heavy atom. The number of para-hydroxylation sites is 1. The molecule has 1 aliphatic heterocycles. The fraction of sp³-hybridized carbons (Fsp3) is 0.182. The summed E-state index contributed by atoms with van der Waals surface area (Å²) >= 11 is 6.15. The van der Waals surface area contributed by atoms with Gasteiger partial charge in [-0.1, -0.05) is 42.0 Å². The highest BCUT2D eigenvalue weighted by atomic mass is 35.5. The summed E-state index contributed by atoms with van der Waals surface area (Å²) < 4.78 is 13.1. The minimum Gasteiger partial charge on any atom is -0.306 e. The Hall–Kier alpha value is -2.76. The Kier molecular flexibility index (Phi) is 5.37. The molecule has 0 unspecified atom stereocenters. The van der Waals surface area contributed by atoms with Gasteiger partial charge in [-0.15, -0.1) is 0 Å². The minimum atomic E-state index is -0.214. The molecule has 0 aliphatic carbocycles. The van der Waals surface area contributed by atoms with Crippen LogP contribution in [0.1, 0.15) is 17.8 Å². The van der Waals surface area contributed by atoms with Gasteiger partial charge in [0.05, 0.1) is 15.9 Å². The van der Waals surface area contributed by atoms with Crippen LogP contribution in [0.15, 0.2) is 59.4 Å². The van der Waals surface area contributed by atoms with E-state index in [1.807, 2.05) is 24.3 Å². The maximum absolute atomic E-state index is 13.1. The fourth-order valence-electron chi connectivity index (χ4n) is 3.34. The second-order valence-corrected chi connectivity index (χ2v) is 7.14. The van der Waals surface area contributed by atoms with Crippen LogP contribution in [0.4, 0.5) is 4.39 Å². The van der Waals surface area contributed by atoms with Gasteiger partial charge in [-0.3, -0.25) is 9.69 Å². The minimum absolute atomic E-state index is 0.197. The van der Waals surface area contributed by atoms with E-state index in [9.17, 15) is 9.18 Å². The second-order valence-electron chi connectivity index (χ2n) is 6.74. The number of halogens is 2. The lowest BCUT2D eigenvalue weighted by Gasteiger charge is -2.25. The number of hydrogen-bond donors (Lipinski definition) is 1. The highest BCUT2D eigenvalue weighted by Gasteiger charge is 2.12. The van der Waals surface area contributed by atoms with Crippen LogP contribution < -0.4 is 5.56 Å². The molecule has 0 saturated heterocycles. The van der Waals surface area contributed by atoms with Crippen LogP contribution in [0.2, 0.25) is 5.02 Å². The van der Waals surface area contributed by atoms with Gasteiger partial charge < -0.3 is 4.98 Å². The number of H-pyrrole nitrogens is 1. The van der Waals surface area contributed by atoms with Crippen molar-refractivity contribution in [2.75, 3.05) is 19.6 Å². The maximum atomic E-state index is 13.1. The summed E-state index contributed by atoms with van der Waals surface area (Å²) in [6, 6.07) is 11.8. The van der Waals surface area contributed by atoms with E-state index >= 15 is 0 Å². The maximum Gasteiger partial charge on any atom is 0.259 e. The van der Waals surface area contributed by atoms with Crippen LogP contribution in [0, 0.1) is 5.82 Å². The van der Waals surface area contributed by atoms with Crippen molar-refractivity contribution in [1.29, 1.82) is 0 Å². The molecular weight excluding hydrogens is 377 g/mol. The molecule has 0 radical (unpaired) electrons. The zero-order valence-electron chi connectivity index (χ0n) is 15.2. The first-order chi connectivity index (χ1) is 13.6. The highest BCUT2D eigenvalue weighted by Crippen LogP contribution is 2.22. The van der Waals surface area contributed by atoms with E-state index in [1.54, 1.807) is 18.2 Å². The first-order valence-corrected chi connectivity index (χ1v) is 9.50. The van der Waals surface area contributed by atoms with Crippen molar-refractivity contribution < 1.29 is 4.39 Å². The molecule has 1 aromatic heterocycles. The first-order valence-electron chi connectivity index (χ1n) is 9.12. The average Bonchev–Trinajstić information content (AvgIpc) is 2.70. The zero-order chi connectivity index (χ0) is 19.5. The number of fused-ring (bicyclic) bond motifs is 1. The summed E-state index contributed by atoms with van der Waals surface area (Å²) in [4.78, 5) is 21.7. The Labute approximate surface area is 167 Å². The molecule has 3 aromatic rings. The van der Waals surface area contributed by atoms with Crippen molar-refractivity contribution in [2.24, 2.45) is 0 Å². The molecule has 142 valence electrons. The third-order valence-corrected chi connectivity index (χ3v) is 5.16. The lowest BCUT2D eigenvalue weighted by atomic mass is 9.99. The molecule has 0 bridgehead atoms. The first kappa shape index (κ1) is 18.6. The van der Waals surface area contributed by atoms with Crippen LogP contribution in [0.3, 0.4) is 0 Å². The summed E-state index contributed by atoms with van der Waals surface area (Å²) in [5, 5.41) is 0.951. The zero-order valence-corrected chi connectivity index (χ0v) is 15.9. The van der Waals surface area contributed by atoms with Gasteiger partial charge in [-0.25, -0.2) is 9.37 Å². The highest BCUT2D eigenvalue weighted by molar-refractivity contribution is 6.34. The molecule has 2 heterocycles. The number of aromatic amines is 1. The Morgan fingerprint density at radius 1 is 1.21 bits per heavy atom. The van der Waals surface area contributed by atoms with Gasteiger partial charge in [0.25, 0.3) is 5.56 Å². The summed E-state index contributed by atoms with van der Waals surface area (Å²) in [6.45, 7) is 2.49. The van der Waals surface area contributed by atoms with Gasteiger partial charge in [0.1, 0.15) is 11.6 Å². The van der Waals surface area contributed by atoms with Gasteiger partial charge in [0.15, 0.2) is 0 Å². The molecule has 4 nitrogen and oxygen atoms in total. The van der Waals surface area contributed by atoms with Crippen molar-refractivity contribution in [1.82, 2.24) is 14.9 Å². The second kappa shape index (κ2) is 8.09. The molecule has 1 N–H and O–H groups in total. The predicted octanol–water partition coefficient (Wildman–Crippen LogP) is 4.52. The lowest BCUT2D eigenvalue weighted by Crippen LogP contribution is -2.28. The average molecular weight is 396 g/mol. The van der Waals surface area contributed by atoms with Crippen LogP contribution in [0.25, 0.3) is 22.6 Å². The van der Waals surface area contributed by atoms with E-state index < -0.39 is 0 Å². The SMILES string of the molecule is O=c1[nH]c(/C=C/CN2CC=C(c3ccc(F)cc3)CC2)nc2c(Cl)cccc12. The number of aromatic nitrogens is 2. The molecular formula is C22H19ClFN3O. The number of rotatable bonds is 4. The summed E-state index contributed by atoms with van der Waals surface area (Å²) in [7, 11) is 0. The van der Waals surface area contributed by atoms with E-state index in [1.165, 1.54) is 17.7 Å². The van der Waals surface area contributed by atoms with Crippen LogP contribution in [-0.2, 0) is 0 Å². The Balaban J connectivity index is 1.42. The summed E-state index contributed by atoms with van der Waals surface area (Å²) in [6.07, 6.45) is 6.89. The summed E-state index contributed by atoms with van der Waals surface area (Å²) in [5.41, 5.74) is 2.64. The van der Waals surface area contributed by atoms with Crippen LogP contribution >= 0.6 is 11.6 Å². The van der Waals surface area contributed by atoms with Gasteiger partial charge in [0.2, 0.25) is 0 Å². The van der Waals surface area contributed by atoms with E-state index in [0.29, 0.717) is 21.7 Å². The van der Waals surface area contributed by atoms with Crippen molar-refractivity contribution in [3.05, 3.63) is 87.2 Å². The predicted molar refractivity (Wildman–Crippen MR) is 112 cm³/mol. The standard InChI is InChI=1S/C22H19ClFN3O/c23-19-4-1-3-18-21(19)25-20(26-22(18)28)5-2-12-27-13-10-16(11-14-27)15-6-8-17(24)9-7-15/h1-10H,11-14H2,(H,25,26,28)/b5-2+. The van der Waals surface area contributed by atoms with Crippen LogP contribution in [-0.4, -0.2) is 34.5 Å². The molecule has 0 spiro atoms. The summed E-state index contributed by atoms with van der Waals surface area (Å²) in [5.74, 6) is 0.277. The number of nitrogens with one attached hydrogen (secondary N) is 1. The third-order valence-electron chi connectivity index (χ3n) is 4.85. The molecule has 4 rings (SSSR count). The lowest BCUT2D eigenvalue weighted by molar-refractivity contribution is 0.335. The van der Waals surface area contributed by atoms with Gasteiger partial charge in [0, 0.05) is 19.6 Å². The molecule has 0 saturated carbocycles. The molecule has 1 aliphatic rings. The number of hydrogen-bond acceptors (Lipinski definition) is 3. The smallest absolute Gasteiger partial charge is 0.259 e. The van der Waals surface area contributed by atoms with E-state index in [0.717, 1.165) is 31.6 Å². The van der Waals surface area contributed by atoms with Crippen molar-refractivity contribution in [3.8, 4) is 0 Å².